The van der Waals surface area contributed by atoms with Gasteiger partial charge in [0, 0.05) is 5.69 Å². The number of nitrogens with two attached hydrogens (primary N) is 1. The molecular weight excluding hydrogens is 184 g/mol. The van der Waals surface area contributed by atoms with Gasteiger partial charge >= 0.3 is 5.24 Å². The highest BCUT2D eigenvalue weighted by Gasteiger charge is 2.15. The molecule has 0 aliphatic carbocycles. The minimum atomic E-state index is 0.0648. The number of benzene rings is 1. The fourth-order valence-corrected chi connectivity index (χ4v) is 1.22. The first-order chi connectivity index (χ1) is 6.29. The third-order valence-corrected chi connectivity index (χ3v) is 2.01. The summed E-state index contributed by atoms with van der Waals surface area (Å²) in [6, 6.07) is 9.49. The van der Waals surface area contributed by atoms with Crippen molar-refractivity contribution >= 4 is 27.6 Å². The van der Waals surface area contributed by atoms with E-state index in [9.17, 15) is 4.79 Å². The number of hydrogen-bond donors (Lipinski definition) is 2. The first-order valence-electron chi connectivity index (χ1n) is 3.86. The van der Waals surface area contributed by atoms with E-state index >= 15 is 0 Å². The van der Waals surface area contributed by atoms with E-state index in [2.05, 4.69) is 5.32 Å². The summed E-state index contributed by atoms with van der Waals surface area (Å²) >= 11 is 1.22. The second-order valence-corrected chi connectivity index (χ2v) is 3.30. The van der Waals surface area contributed by atoms with Crippen LogP contribution in [0.25, 0.3) is 0 Å². The molecule has 2 rings (SSSR count). The molecule has 3 nitrogen and oxygen atoms in total. The normalized spacial score (nSPS) is 13.1. The maximum absolute atomic E-state index is 10.1. The van der Waals surface area contributed by atoms with Crippen LogP contribution in [0, 0.1) is 0 Å². The number of amides is 1. The number of carbonyl (C=O) groups excluding carboxylic acids is 1. The molecule has 1 aliphatic heterocycles. The van der Waals surface area contributed by atoms with Crippen LogP contribution in [0.5, 0.6) is 0 Å². The van der Waals surface area contributed by atoms with Crippen molar-refractivity contribution in [3.05, 3.63) is 30.3 Å². The standard InChI is InChI=1S/C6H7N.C3H3NOS/c7-6-4-2-1-3-5-6;5-3-4-1-2-6-3/h1-5H,7H2;2H,1H2/p+1. The second-order valence-electron chi connectivity index (χ2n) is 2.36. The zero-order valence-corrected chi connectivity index (χ0v) is 7.88. The molecule has 1 aromatic rings. The Kier molecular flexibility index (Phi) is 3.92. The van der Waals surface area contributed by atoms with Crippen LogP contribution in [-0.2, 0) is 11.4 Å². The van der Waals surface area contributed by atoms with E-state index in [4.69, 9.17) is 5.73 Å². The molecule has 4 heteroatoms. The molecule has 1 aromatic carbocycles. The predicted octanol–water partition coefficient (Wildman–Crippen LogP) is 0.863. The lowest BCUT2D eigenvalue weighted by atomic mass is 10.3. The average molecular weight is 195 g/mol. The molecule has 0 fully saturated rings. The molecule has 13 heavy (non-hydrogen) atoms. The van der Waals surface area contributed by atoms with Gasteiger partial charge in [0.1, 0.15) is 0 Å². The van der Waals surface area contributed by atoms with Crippen molar-refractivity contribution in [1.82, 2.24) is 5.32 Å². The maximum Gasteiger partial charge on any atom is 0.505 e. The number of hydrogen-bond acceptors (Lipinski definition) is 2. The fourth-order valence-electron chi connectivity index (χ4n) is 0.737. The van der Waals surface area contributed by atoms with Crippen molar-refractivity contribution in [3.63, 3.8) is 0 Å². The lowest BCUT2D eigenvalue weighted by molar-refractivity contribution is 0.262. The quantitative estimate of drug-likeness (QED) is 0.366. The zero-order valence-electron chi connectivity index (χ0n) is 7.07. The Morgan fingerprint density at radius 3 is 2.23 bits per heavy atom. The summed E-state index contributed by atoms with van der Waals surface area (Å²) in [5, 5.41) is 4.49. The number of nitrogen functional groups attached to an aromatic ring is 1. The van der Waals surface area contributed by atoms with Crippen LogP contribution in [0.1, 0.15) is 0 Å². The van der Waals surface area contributed by atoms with E-state index in [1.807, 2.05) is 35.7 Å². The third-order valence-electron chi connectivity index (χ3n) is 1.32. The van der Waals surface area contributed by atoms with Crippen LogP contribution in [0.2, 0.25) is 0 Å². The van der Waals surface area contributed by atoms with Gasteiger partial charge in [0.05, 0.1) is 6.54 Å². The molecular formula is C9H11N2OS+. The molecule has 0 radical (unpaired) electrons. The molecule has 68 valence electrons. The van der Waals surface area contributed by atoms with Crippen molar-refractivity contribution in [3.8, 4) is 0 Å². The first kappa shape index (κ1) is 9.67. The lowest BCUT2D eigenvalue weighted by Crippen LogP contribution is -2.13. The Labute approximate surface area is 80.9 Å². The number of carbonyl (C=O) groups is 1. The van der Waals surface area contributed by atoms with E-state index in [0.717, 1.165) is 12.2 Å². The Bertz CT molecular complexity index is 298. The Morgan fingerprint density at radius 2 is 2.00 bits per heavy atom. The minimum Gasteiger partial charge on any atom is -0.399 e. The highest BCUT2D eigenvalue weighted by Crippen LogP contribution is 1.95. The summed E-state index contributed by atoms with van der Waals surface area (Å²) in [4.78, 5) is 10.1. The largest absolute Gasteiger partial charge is 0.505 e. The smallest absolute Gasteiger partial charge is 0.399 e. The topological polar surface area (TPSA) is 55.1 Å². The Hall–Kier alpha value is -1.42. The molecule has 1 heterocycles. The highest BCUT2D eigenvalue weighted by atomic mass is 32.1. The van der Waals surface area contributed by atoms with Crippen LogP contribution in [0.3, 0.4) is 0 Å². The molecule has 0 atom stereocenters. The number of anilines is 1. The average Bonchev–Trinajstić information content (AvgIpc) is 2.58. The molecule has 0 spiro atoms. The Balaban J connectivity index is 0.000000132. The van der Waals surface area contributed by atoms with Crippen molar-refractivity contribution in [2.75, 3.05) is 12.3 Å². The van der Waals surface area contributed by atoms with Crippen LogP contribution >= 0.6 is 0 Å². The SMILES string of the molecule is Nc1ccccc1.O=C1NCC=[S+]1. The van der Waals surface area contributed by atoms with Gasteiger partial charge in [-0.25, -0.2) is 4.79 Å². The summed E-state index contributed by atoms with van der Waals surface area (Å²) in [5.41, 5.74) is 6.18. The first-order valence-corrected chi connectivity index (χ1v) is 4.73. The van der Waals surface area contributed by atoms with Gasteiger partial charge in [0.2, 0.25) is 0 Å². The summed E-state index contributed by atoms with van der Waals surface area (Å²) < 4.78 is 0. The molecule has 0 aromatic heterocycles. The zero-order chi connectivity index (χ0) is 9.52. The maximum atomic E-state index is 10.1. The molecule has 1 amide bonds. The van der Waals surface area contributed by atoms with E-state index in [0.29, 0.717) is 0 Å². The lowest BCUT2D eigenvalue weighted by Gasteiger charge is -1.83. The van der Waals surface area contributed by atoms with Crippen molar-refractivity contribution in [2.45, 2.75) is 0 Å². The Morgan fingerprint density at radius 1 is 1.31 bits per heavy atom. The van der Waals surface area contributed by atoms with Crippen molar-refractivity contribution in [1.29, 1.82) is 0 Å². The highest BCUT2D eigenvalue weighted by molar-refractivity contribution is 7.93. The van der Waals surface area contributed by atoms with Crippen molar-refractivity contribution < 1.29 is 4.79 Å². The predicted molar refractivity (Wildman–Crippen MR) is 57.7 cm³/mol. The summed E-state index contributed by atoms with van der Waals surface area (Å²) in [6.45, 7) is 0.726. The van der Waals surface area contributed by atoms with Crippen LogP contribution in [0.15, 0.2) is 30.3 Å². The van der Waals surface area contributed by atoms with Gasteiger partial charge in [0.25, 0.3) is 11.4 Å². The van der Waals surface area contributed by atoms with Crippen LogP contribution in [-0.4, -0.2) is 17.2 Å². The van der Waals surface area contributed by atoms with Gasteiger partial charge in [-0.05, 0) is 12.1 Å². The van der Waals surface area contributed by atoms with Gasteiger partial charge in [-0.2, -0.15) is 0 Å². The number of para-hydroxylation sites is 1. The van der Waals surface area contributed by atoms with Gasteiger partial charge in [-0.1, -0.05) is 18.2 Å². The molecule has 0 saturated carbocycles. The van der Waals surface area contributed by atoms with E-state index < -0.39 is 0 Å². The monoisotopic (exact) mass is 195 g/mol. The van der Waals surface area contributed by atoms with Crippen LogP contribution < -0.4 is 11.1 Å². The molecule has 1 aliphatic rings. The number of nitrogens with one attached hydrogen (secondary N) is 1. The minimum absolute atomic E-state index is 0.0648. The molecule has 3 N–H and O–H groups in total. The second kappa shape index (κ2) is 5.27. The van der Waals surface area contributed by atoms with Gasteiger partial charge in [0.15, 0.2) is 5.37 Å². The van der Waals surface area contributed by atoms with Gasteiger partial charge in [-0.3, -0.25) is 5.32 Å². The number of rotatable bonds is 0. The van der Waals surface area contributed by atoms with E-state index in [-0.39, 0.29) is 5.24 Å². The fraction of sp³-hybridized carbons (Fsp3) is 0.111. The van der Waals surface area contributed by atoms with Gasteiger partial charge < -0.3 is 5.73 Å². The van der Waals surface area contributed by atoms with Crippen molar-refractivity contribution in [2.24, 2.45) is 0 Å². The molecule has 0 saturated heterocycles. The van der Waals surface area contributed by atoms with Gasteiger partial charge in [-0.15, -0.1) is 0 Å². The summed E-state index contributed by atoms with van der Waals surface area (Å²) in [7, 11) is 0. The summed E-state index contributed by atoms with van der Waals surface area (Å²) in [5.74, 6) is 0. The molecule has 0 unspecified atom stereocenters. The van der Waals surface area contributed by atoms with E-state index in [1.54, 1.807) is 0 Å². The van der Waals surface area contributed by atoms with E-state index in [1.165, 1.54) is 11.4 Å². The summed E-state index contributed by atoms with van der Waals surface area (Å²) in [6.07, 6.45) is 0. The van der Waals surface area contributed by atoms with Crippen LogP contribution in [0.4, 0.5) is 10.5 Å². The third kappa shape index (κ3) is 4.22. The molecule has 0 bridgehead atoms.